The van der Waals surface area contributed by atoms with Crippen LogP contribution in [0.1, 0.15) is 73.0 Å². The van der Waals surface area contributed by atoms with Gasteiger partial charge in [0, 0.05) is 33.6 Å². The number of alkyl halides is 1. The van der Waals surface area contributed by atoms with Gasteiger partial charge in [0.2, 0.25) is 0 Å². The van der Waals surface area contributed by atoms with E-state index in [4.69, 9.17) is 9.57 Å². The summed E-state index contributed by atoms with van der Waals surface area (Å²) in [6.07, 6.45) is 7.82. The Morgan fingerprint density at radius 2 is 1.89 bits per heavy atom. The van der Waals surface area contributed by atoms with Gasteiger partial charge in [0.15, 0.2) is 6.23 Å². The van der Waals surface area contributed by atoms with Crippen molar-refractivity contribution in [3.05, 3.63) is 76.9 Å². The van der Waals surface area contributed by atoms with E-state index in [-0.39, 0.29) is 23.6 Å². The molecule has 0 saturated carbocycles. The van der Waals surface area contributed by atoms with Crippen LogP contribution in [0, 0.1) is 6.92 Å². The minimum Gasteiger partial charge on any atom is -0.492 e. The predicted molar refractivity (Wildman–Crippen MR) is 185 cm³/mol. The molecule has 3 aromatic rings. The molecule has 0 aromatic heterocycles. The Balaban J connectivity index is 1.15. The number of hydrogen-bond donors (Lipinski definition) is 0. The number of aryl methyl sites for hydroxylation is 1. The number of ether oxygens (including phenoxy) is 1. The molecule has 4 aliphatic heterocycles. The van der Waals surface area contributed by atoms with Gasteiger partial charge in [-0.15, -0.1) is 0 Å². The van der Waals surface area contributed by atoms with Crippen LogP contribution in [0.5, 0.6) is 5.75 Å². The van der Waals surface area contributed by atoms with Crippen LogP contribution in [-0.2, 0) is 16.7 Å². The summed E-state index contributed by atoms with van der Waals surface area (Å²) < 4.78 is 6.37. The van der Waals surface area contributed by atoms with E-state index < -0.39 is 0 Å². The van der Waals surface area contributed by atoms with Crippen LogP contribution in [0.25, 0.3) is 11.1 Å². The number of rotatable bonds is 8. The highest BCUT2D eigenvalue weighted by molar-refractivity contribution is 9.09. The monoisotopic (exact) mass is 670 g/mol. The van der Waals surface area contributed by atoms with Gasteiger partial charge >= 0.3 is 0 Å². The fraction of sp³-hybridized carbons (Fsp3) is 0.459. The average Bonchev–Trinajstić information content (AvgIpc) is 3.75. The predicted octanol–water partition coefficient (Wildman–Crippen LogP) is 7.67. The second-order valence-electron chi connectivity index (χ2n) is 13.1. The Morgan fingerprint density at radius 1 is 1.09 bits per heavy atom. The summed E-state index contributed by atoms with van der Waals surface area (Å²) in [4.78, 5) is 29.0. The number of anilines is 2. The summed E-state index contributed by atoms with van der Waals surface area (Å²) >= 11 is 3.62. The highest BCUT2D eigenvalue weighted by Gasteiger charge is 2.45. The van der Waals surface area contributed by atoms with E-state index in [9.17, 15) is 4.79 Å². The van der Waals surface area contributed by atoms with Gasteiger partial charge in [-0.3, -0.25) is 4.79 Å². The van der Waals surface area contributed by atoms with Crippen molar-refractivity contribution in [3.8, 4) is 16.9 Å². The topological polar surface area (TPSA) is 57.6 Å². The molecule has 1 spiro atoms. The summed E-state index contributed by atoms with van der Waals surface area (Å²) in [5.41, 5.74) is 8.70. The lowest BCUT2D eigenvalue weighted by Gasteiger charge is -2.38. The third kappa shape index (κ3) is 5.70. The normalized spacial score (nSPS) is 21.8. The smallest absolute Gasteiger partial charge is 0.258 e. The summed E-state index contributed by atoms with van der Waals surface area (Å²) in [6, 6.07) is 19.1. The second kappa shape index (κ2) is 12.5. The first-order valence-electron chi connectivity index (χ1n) is 16.5. The highest BCUT2D eigenvalue weighted by atomic mass is 79.9. The highest BCUT2D eigenvalue weighted by Crippen LogP contribution is 2.50. The maximum absolute atomic E-state index is 14.3. The van der Waals surface area contributed by atoms with E-state index in [1.54, 1.807) is 11.4 Å². The number of carbonyl (C=O) groups excluding carboxylic acids is 1. The van der Waals surface area contributed by atoms with E-state index >= 15 is 0 Å². The number of nitrogens with zero attached hydrogens (tertiary/aromatic N) is 4. The molecule has 4 heterocycles. The minimum atomic E-state index is -0.171. The van der Waals surface area contributed by atoms with Crippen molar-refractivity contribution in [2.45, 2.75) is 77.0 Å². The van der Waals surface area contributed by atoms with Crippen molar-refractivity contribution < 1.29 is 14.4 Å². The first-order chi connectivity index (χ1) is 21.9. The first-order valence-corrected chi connectivity index (χ1v) is 17.6. The lowest BCUT2D eigenvalue weighted by Crippen LogP contribution is -2.44. The molecule has 7 rings (SSSR count). The Hall–Kier alpha value is -3.20. The number of amides is 1. The zero-order valence-electron chi connectivity index (χ0n) is 26.6. The molecule has 0 bridgehead atoms. The van der Waals surface area contributed by atoms with E-state index in [1.807, 2.05) is 25.1 Å². The molecule has 2 atom stereocenters. The molecule has 4 aliphatic rings. The van der Waals surface area contributed by atoms with Gasteiger partial charge < -0.3 is 14.5 Å². The molecule has 7 nitrogen and oxygen atoms in total. The van der Waals surface area contributed by atoms with Gasteiger partial charge in [-0.2, -0.15) is 0 Å². The van der Waals surface area contributed by atoms with E-state index in [1.165, 1.54) is 17.5 Å². The number of likely N-dealkylation sites (tertiary alicyclic amines) is 1. The molecule has 3 aromatic carbocycles. The quantitative estimate of drug-likeness (QED) is 0.230. The number of carbonyl (C=O) groups is 1. The third-order valence-electron chi connectivity index (χ3n) is 10.1. The first kappa shape index (κ1) is 30.5. The molecular weight excluding hydrogens is 628 g/mol. The number of halogens is 1. The standard InChI is InChI=1S/C37H43BrN4O3/c1-4-16-40-17-13-37(14-18-40)23-44-35-21-29-20-31(6-5-15-38)42(34(29)22-33(35)37)36(43)28-9-7-27(8-10-28)32-12-11-30(19-25(32)2)41-24-39-26(3)45-41/h7-12,19,21-22,24,26,31H,4-6,13-18,20,23H2,1-3H3. The largest absolute Gasteiger partial charge is 0.492 e. The molecule has 1 amide bonds. The number of aliphatic imine (C=N–C) groups is 1. The van der Waals surface area contributed by atoms with E-state index in [0.717, 1.165) is 103 Å². The molecule has 1 saturated heterocycles. The maximum Gasteiger partial charge on any atom is 0.258 e. The molecule has 236 valence electrons. The van der Waals surface area contributed by atoms with Crippen LogP contribution in [0.2, 0.25) is 0 Å². The Kier molecular flexibility index (Phi) is 8.48. The van der Waals surface area contributed by atoms with Crippen LogP contribution in [0.15, 0.2) is 59.6 Å². The molecule has 1 fully saturated rings. The number of benzene rings is 3. The summed E-state index contributed by atoms with van der Waals surface area (Å²) in [7, 11) is 0. The van der Waals surface area contributed by atoms with Crippen molar-refractivity contribution in [1.29, 1.82) is 0 Å². The zero-order valence-corrected chi connectivity index (χ0v) is 28.2. The van der Waals surface area contributed by atoms with Crippen molar-refractivity contribution in [2.24, 2.45) is 4.99 Å². The number of piperidine rings is 1. The van der Waals surface area contributed by atoms with Gasteiger partial charge in [-0.1, -0.05) is 41.1 Å². The molecule has 2 unspecified atom stereocenters. The second-order valence-corrected chi connectivity index (χ2v) is 13.9. The van der Waals surface area contributed by atoms with E-state index in [0.29, 0.717) is 0 Å². The van der Waals surface area contributed by atoms with Crippen LogP contribution in [0.3, 0.4) is 0 Å². The third-order valence-corrected chi connectivity index (χ3v) is 10.7. The summed E-state index contributed by atoms with van der Waals surface area (Å²) in [5, 5.41) is 2.64. The van der Waals surface area contributed by atoms with Gasteiger partial charge in [0.1, 0.15) is 12.1 Å². The summed E-state index contributed by atoms with van der Waals surface area (Å²) in [6.45, 7) is 10.4. The maximum atomic E-state index is 14.3. The van der Waals surface area contributed by atoms with E-state index in [2.05, 4.69) is 81.0 Å². The molecule has 0 radical (unpaired) electrons. The Labute approximate surface area is 275 Å². The molecule has 0 N–H and O–H groups in total. The minimum absolute atomic E-state index is 0.0538. The fourth-order valence-corrected chi connectivity index (χ4v) is 7.99. The zero-order chi connectivity index (χ0) is 31.1. The fourth-order valence-electron chi connectivity index (χ4n) is 7.66. The van der Waals surface area contributed by atoms with Crippen molar-refractivity contribution in [1.82, 2.24) is 4.90 Å². The van der Waals surface area contributed by atoms with Crippen molar-refractivity contribution in [2.75, 3.05) is 41.5 Å². The van der Waals surface area contributed by atoms with Crippen LogP contribution in [0.4, 0.5) is 11.4 Å². The van der Waals surface area contributed by atoms with Crippen LogP contribution >= 0.6 is 15.9 Å². The summed E-state index contributed by atoms with van der Waals surface area (Å²) in [5.74, 6) is 1.12. The lowest BCUT2D eigenvalue weighted by molar-refractivity contribution is 0.0978. The van der Waals surface area contributed by atoms with Gasteiger partial charge in [-0.05, 0) is 131 Å². The Morgan fingerprint density at radius 3 is 2.58 bits per heavy atom. The van der Waals surface area contributed by atoms with Gasteiger partial charge in [0.25, 0.3) is 5.91 Å². The molecule has 45 heavy (non-hydrogen) atoms. The number of hydrogen-bond acceptors (Lipinski definition) is 6. The molecule has 0 aliphatic carbocycles. The van der Waals surface area contributed by atoms with Crippen LogP contribution < -0.4 is 14.7 Å². The molecular formula is C37H43BrN4O3. The van der Waals surface area contributed by atoms with Gasteiger partial charge in [-0.25, -0.2) is 14.9 Å². The average molecular weight is 672 g/mol. The van der Waals surface area contributed by atoms with Crippen molar-refractivity contribution >= 4 is 39.6 Å². The Bertz CT molecular complexity index is 1600. The molecule has 8 heteroatoms. The van der Waals surface area contributed by atoms with Gasteiger partial charge in [0.05, 0.1) is 12.3 Å². The number of fused-ring (bicyclic) bond motifs is 3. The lowest BCUT2D eigenvalue weighted by atomic mass is 9.74. The number of hydroxylamine groups is 1. The SMILES string of the molecule is CCCN1CCC2(CC1)COc1cc3c(cc12)N(C(=O)c1ccc(-c2ccc(N4C=NC(C)O4)cc2C)cc1)C(CCCBr)C3. The van der Waals surface area contributed by atoms with Crippen molar-refractivity contribution in [3.63, 3.8) is 0 Å². The van der Waals surface area contributed by atoms with Crippen LogP contribution in [-0.4, -0.2) is 61.0 Å².